The van der Waals surface area contributed by atoms with Gasteiger partial charge in [-0.15, -0.1) is 0 Å². The van der Waals surface area contributed by atoms with Gasteiger partial charge in [-0.25, -0.2) is 0 Å². The highest BCUT2D eigenvalue weighted by atomic mass is 32.2. The Morgan fingerprint density at radius 3 is 2.47 bits per heavy atom. The summed E-state index contributed by atoms with van der Waals surface area (Å²) in [6.07, 6.45) is 2.91. The first-order valence-corrected chi connectivity index (χ1v) is 7.50. The van der Waals surface area contributed by atoms with Crippen LogP contribution in [0.5, 0.6) is 0 Å². The summed E-state index contributed by atoms with van der Waals surface area (Å²) in [5.41, 5.74) is -1.01. The number of piperidine rings is 1. The van der Waals surface area contributed by atoms with Crippen LogP contribution in [0.15, 0.2) is 0 Å². The molecule has 1 atom stereocenters. The zero-order chi connectivity index (χ0) is 13.3. The summed E-state index contributed by atoms with van der Waals surface area (Å²) in [6.45, 7) is 5.85. The summed E-state index contributed by atoms with van der Waals surface area (Å²) in [5, 5.41) is 9.69. The van der Waals surface area contributed by atoms with Gasteiger partial charge < -0.3 is 5.11 Å². The van der Waals surface area contributed by atoms with E-state index in [4.69, 9.17) is 0 Å². The SMILES string of the molecule is CC1CCCCN1S(=O)(=O)N(C)CC(C)(C)O. The fourth-order valence-corrected chi connectivity index (χ4v) is 3.98. The van der Waals surface area contributed by atoms with Crippen molar-refractivity contribution in [2.24, 2.45) is 0 Å². The molecule has 0 aliphatic carbocycles. The molecular formula is C11H24N2O3S. The molecule has 1 fully saturated rings. The number of aliphatic hydroxyl groups is 1. The van der Waals surface area contributed by atoms with Crippen molar-refractivity contribution in [3.05, 3.63) is 0 Å². The van der Waals surface area contributed by atoms with Crippen LogP contribution in [-0.2, 0) is 10.2 Å². The standard InChI is InChI=1S/C11H24N2O3S/c1-10-7-5-6-8-13(10)17(15,16)12(4)9-11(2,3)14/h10,14H,5-9H2,1-4H3. The van der Waals surface area contributed by atoms with Gasteiger partial charge in [-0.2, -0.15) is 17.0 Å². The van der Waals surface area contributed by atoms with Crippen molar-refractivity contribution in [2.75, 3.05) is 20.1 Å². The number of hydrogen-bond acceptors (Lipinski definition) is 3. The molecule has 0 bridgehead atoms. The molecule has 0 aromatic carbocycles. The second-order valence-corrected chi connectivity index (χ2v) is 7.52. The third-order valence-electron chi connectivity index (χ3n) is 3.04. The van der Waals surface area contributed by atoms with Crippen molar-refractivity contribution < 1.29 is 13.5 Å². The van der Waals surface area contributed by atoms with Gasteiger partial charge in [0.1, 0.15) is 0 Å². The Balaban J connectivity index is 2.79. The molecule has 1 aliphatic heterocycles. The van der Waals surface area contributed by atoms with Gasteiger partial charge in [0, 0.05) is 26.2 Å². The molecule has 0 saturated carbocycles. The van der Waals surface area contributed by atoms with Crippen molar-refractivity contribution in [1.82, 2.24) is 8.61 Å². The molecule has 1 saturated heterocycles. The van der Waals surface area contributed by atoms with Crippen LogP contribution in [0, 0.1) is 0 Å². The molecule has 0 aromatic rings. The molecule has 1 rings (SSSR count). The largest absolute Gasteiger partial charge is 0.389 e. The lowest BCUT2D eigenvalue weighted by atomic mass is 10.1. The highest BCUT2D eigenvalue weighted by Gasteiger charge is 2.34. The summed E-state index contributed by atoms with van der Waals surface area (Å²) in [4.78, 5) is 0. The van der Waals surface area contributed by atoms with E-state index in [1.807, 2.05) is 6.92 Å². The quantitative estimate of drug-likeness (QED) is 0.817. The summed E-state index contributed by atoms with van der Waals surface area (Å²) >= 11 is 0. The zero-order valence-electron chi connectivity index (χ0n) is 11.2. The van der Waals surface area contributed by atoms with Crippen LogP contribution in [0.1, 0.15) is 40.0 Å². The minimum atomic E-state index is -3.44. The first-order valence-electron chi connectivity index (χ1n) is 6.10. The Kier molecular flexibility index (Phi) is 4.57. The lowest BCUT2D eigenvalue weighted by molar-refractivity contribution is 0.0616. The number of likely N-dealkylation sites (N-methyl/N-ethyl adjacent to an activating group) is 1. The van der Waals surface area contributed by atoms with Crippen LogP contribution in [0.25, 0.3) is 0 Å². The Hall–Kier alpha value is -0.170. The van der Waals surface area contributed by atoms with Crippen molar-refractivity contribution in [3.63, 3.8) is 0 Å². The molecule has 0 radical (unpaired) electrons. The molecular weight excluding hydrogens is 240 g/mol. The first-order chi connectivity index (χ1) is 7.64. The monoisotopic (exact) mass is 264 g/mol. The van der Waals surface area contributed by atoms with E-state index in [0.717, 1.165) is 19.3 Å². The van der Waals surface area contributed by atoms with E-state index < -0.39 is 15.8 Å². The maximum absolute atomic E-state index is 12.3. The lowest BCUT2D eigenvalue weighted by Crippen LogP contribution is -2.51. The second-order valence-electron chi connectivity index (χ2n) is 5.53. The normalized spacial score (nSPS) is 24.2. The van der Waals surface area contributed by atoms with Gasteiger partial charge in [0.25, 0.3) is 10.2 Å². The Labute approximate surface area is 105 Å². The van der Waals surface area contributed by atoms with E-state index in [9.17, 15) is 13.5 Å². The van der Waals surface area contributed by atoms with E-state index in [1.165, 1.54) is 11.4 Å². The first kappa shape index (κ1) is 14.9. The Bertz CT molecular complexity index is 348. The van der Waals surface area contributed by atoms with Crippen molar-refractivity contribution in [1.29, 1.82) is 0 Å². The average Bonchev–Trinajstić information content (AvgIpc) is 2.15. The minimum absolute atomic E-state index is 0.0537. The van der Waals surface area contributed by atoms with Crippen LogP contribution < -0.4 is 0 Å². The molecule has 1 heterocycles. The molecule has 17 heavy (non-hydrogen) atoms. The summed E-state index contributed by atoms with van der Waals surface area (Å²) in [5.74, 6) is 0. The van der Waals surface area contributed by atoms with E-state index in [1.54, 1.807) is 18.2 Å². The van der Waals surface area contributed by atoms with Crippen LogP contribution in [0.4, 0.5) is 0 Å². The van der Waals surface area contributed by atoms with E-state index in [-0.39, 0.29) is 12.6 Å². The minimum Gasteiger partial charge on any atom is -0.389 e. The van der Waals surface area contributed by atoms with Crippen molar-refractivity contribution >= 4 is 10.2 Å². The maximum atomic E-state index is 12.3. The number of nitrogens with zero attached hydrogens (tertiary/aromatic N) is 2. The highest BCUT2D eigenvalue weighted by molar-refractivity contribution is 7.86. The maximum Gasteiger partial charge on any atom is 0.282 e. The van der Waals surface area contributed by atoms with Crippen LogP contribution in [-0.4, -0.2) is 53.9 Å². The third-order valence-corrected chi connectivity index (χ3v) is 5.09. The molecule has 0 aromatic heterocycles. The van der Waals surface area contributed by atoms with Crippen LogP contribution in [0.2, 0.25) is 0 Å². The summed E-state index contributed by atoms with van der Waals surface area (Å²) < 4.78 is 27.4. The zero-order valence-corrected chi connectivity index (χ0v) is 12.0. The highest BCUT2D eigenvalue weighted by Crippen LogP contribution is 2.22. The molecule has 1 aliphatic rings. The van der Waals surface area contributed by atoms with Crippen molar-refractivity contribution in [2.45, 2.75) is 51.7 Å². The molecule has 0 spiro atoms. The summed E-state index contributed by atoms with van der Waals surface area (Å²) in [6, 6.07) is 0.0537. The van der Waals surface area contributed by atoms with Gasteiger partial charge in [-0.05, 0) is 33.6 Å². The summed E-state index contributed by atoms with van der Waals surface area (Å²) in [7, 11) is -1.92. The smallest absolute Gasteiger partial charge is 0.282 e. The molecule has 1 unspecified atom stereocenters. The Morgan fingerprint density at radius 2 is 2.00 bits per heavy atom. The lowest BCUT2D eigenvalue weighted by Gasteiger charge is -2.36. The van der Waals surface area contributed by atoms with Gasteiger partial charge in [-0.3, -0.25) is 0 Å². The second kappa shape index (κ2) is 5.22. The van der Waals surface area contributed by atoms with Gasteiger partial charge in [0.15, 0.2) is 0 Å². The van der Waals surface area contributed by atoms with Gasteiger partial charge >= 0.3 is 0 Å². The fourth-order valence-electron chi connectivity index (χ4n) is 2.22. The van der Waals surface area contributed by atoms with Crippen molar-refractivity contribution in [3.8, 4) is 0 Å². The van der Waals surface area contributed by atoms with Crippen LogP contribution in [0.3, 0.4) is 0 Å². The molecule has 102 valence electrons. The molecule has 6 heteroatoms. The van der Waals surface area contributed by atoms with Gasteiger partial charge in [0.05, 0.1) is 5.60 Å². The topological polar surface area (TPSA) is 60.9 Å². The van der Waals surface area contributed by atoms with E-state index in [0.29, 0.717) is 6.54 Å². The molecule has 1 N–H and O–H groups in total. The predicted molar refractivity (Wildman–Crippen MR) is 67.9 cm³/mol. The van der Waals surface area contributed by atoms with E-state index in [2.05, 4.69) is 0 Å². The fraction of sp³-hybridized carbons (Fsp3) is 1.00. The van der Waals surface area contributed by atoms with Gasteiger partial charge in [-0.1, -0.05) is 6.42 Å². The Morgan fingerprint density at radius 1 is 1.41 bits per heavy atom. The average molecular weight is 264 g/mol. The predicted octanol–water partition coefficient (Wildman–Crippen LogP) is 0.808. The molecule has 0 amide bonds. The molecule has 5 nitrogen and oxygen atoms in total. The van der Waals surface area contributed by atoms with E-state index >= 15 is 0 Å². The van der Waals surface area contributed by atoms with Gasteiger partial charge in [0.2, 0.25) is 0 Å². The van der Waals surface area contributed by atoms with Crippen LogP contribution >= 0.6 is 0 Å². The number of rotatable bonds is 4. The third kappa shape index (κ3) is 3.91. The number of hydrogen-bond donors (Lipinski definition) is 1.